The van der Waals surface area contributed by atoms with Gasteiger partial charge in [-0.2, -0.15) is 4.98 Å². The van der Waals surface area contributed by atoms with Crippen LogP contribution in [-0.4, -0.2) is 16.0 Å². The standard InChI is InChI=1S/C17H21ClN4/c1-10(2)19-17-21-15(12-5-6-12)9-16(22-17)20-14-8-13(18)7-4-11(14)3/h4,7-10,12H,5-6H2,1-3H3,(H2,19,20,21,22). The van der Waals surface area contributed by atoms with Crippen molar-refractivity contribution in [2.24, 2.45) is 0 Å². The summed E-state index contributed by atoms with van der Waals surface area (Å²) in [5.41, 5.74) is 3.22. The molecule has 0 spiro atoms. The normalized spacial score (nSPS) is 14.2. The topological polar surface area (TPSA) is 49.8 Å². The first-order valence-corrected chi connectivity index (χ1v) is 8.08. The zero-order chi connectivity index (χ0) is 15.7. The molecule has 1 saturated carbocycles. The molecule has 22 heavy (non-hydrogen) atoms. The van der Waals surface area contributed by atoms with Crippen LogP contribution in [0.5, 0.6) is 0 Å². The second-order valence-corrected chi connectivity index (χ2v) is 6.60. The average Bonchev–Trinajstić information content (AvgIpc) is 3.26. The largest absolute Gasteiger partial charge is 0.352 e. The maximum absolute atomic E-state index is 6.09. The van der Waals surface area contributed by atoms with Crippen LogP contribution in [0, 0.1) is 6.92 Å². The van der Waals surface area contributed by atoms with E-state index in [1.54, 1.807) is 0 Å². The second-order valence-electron chi connectivity index (χ2n) is 6.16. The minimum absolute atomic E-state index is 0.301. The van der Waals surface area contributed by atoms with Crippen LogP contribution in [0.15, 0.2) is 24.3 Å². The fraction of sp³-hybridized carbons (Fsp3) is 0.412. The smallest absolute Gasteiger partial charge is 0.225 e. The Morgan fingerprint density at radius 3 is 2.64 bits per heavy atom. The summed E-state index contributed by atoms with van der Waals surface area (Å²) in [6, 6.07) is 8.16. The van der Waals surface area contributed by atoms with Crippen LogP contribution in [-0.2, 0) is 0 Å². The van der Waals surface area contributed by atoms with Gasteiger partial charge in [0.15, 0.2) is 0 Å². The van der Waals surface area contributed by atoms with E-state index in [1.165, 1.54) is 12.8 Å². The van der Waals surface area contributed by atoms with Gasteiger partial charge in [0.05, 0.1) is 5.69 Å². The first-order valence-electron chi connectivity index (χ1n) is 7.70. The van der Waals surface area contributed by atoms with Crippen molar-refractivity contribution < 1.29 is 0 Å². The van der Waals surface area contributed by atoms with Gasteiger partial charge in [-0.3, -0.25) is 0 Å². The Kier molecular flexibility index (Phi) is 4.21. The first kappa shape index (κ1) is 15.1. The van der Waals surface area contributed by atoms with E-state index in [9.17, 15) is 0 Å². The molecule has 1 aromatic carbocycles. The number of nitrogens with one attached hydrogen (secondary N) is 2. The maximum atomic E-state index is 6.09. The molecule has 116 valence electrons. The minimum atomic E-state index is 0.301. The van der Waals surface area contributed by atoms with E-state index < -0.39 is 0 Å². The highest BCUT2D eigenvalue weighted by atomic mass is 35.5. The Labute approximate surface area is 136 Å². The third-order valence-corrected chi connectivity index (χ3v) is 3.86. The van der Waals surface area contributed by atoms with E-state index in [-0.39, 0.29) is 0 Å². The monoisotopic (exact) mass is 316 g/mol. The number of rotatable bonds is 5. The SMILES string of the molecule is Cc1ccc(Cl)cc1Nc1cc(C2CC2)nc(NC(C)C)n1. The van der Waals surface area contributed by atoms with Crippen LogP contribution in [0.3, 0.4) is 0 Å². The quantitative estimate of drug-likeness (QED) is 0.825. The van der Waals surface area contributed by atoms with Crippen LogP contribution in [0.2, 0.25) is 5.02 Å². The third kappa shape index (κ3) is 3.69. The van der Waals surface area contributed by atoms with E-state index in [4.69, 9.17) is 11.6 Å². The molecule has 2 aromatic rings. The van der Waals surface area contributed by atoms with Crippen LogP contribution in [0.4, 0.5) is 17.5 Å². The molecule has 1 aliphatic carbocycles. The highest BCUT2D eigenvalue weighted by Crippen LogP contribution is 2.40. The van der Waals surface area contributed by atoms with Crippen molar-refractivity contribution in [2.45, 2.75) is 45.6 Å². The molecule has 0 aliphatic heterocycles. The number of hydrogen-bond acceptors (Lipinski definition) is 4. The number of aromatic nitrogens is 2. The highest BCUT2D eigenvalue weighted by molar-refractivity contribution is 6.30. The molecule has 1 heterocycles. The highest BCUT2D eigenvalue weighted by Gasteiger charge is 2.26. The van der Waals surface area contributed by atoms with Gasteiger partial charge < -0.3 is 10.6 Å². The van der Waals surface area contributed by atoms with Gasteiger partial charge in [0.1, 0.15) is 5.82 Å². The number of nitrogens with zero attached hydrogens (tertiary/aromatic N) is 2. The molecule has 0 bridgehead atoms. The van der Waals surface area contributed by atoms with Gasteiger partial charge in [-0.25, -0.2) is 4.98 Å². The molecule has 0 radical (unpaired) electrons. The lowest BCUT2D eigenvalue weighted by molar-refractivity contribution is 0.864. The molecule has 0 saturated heterocycles. The summed E-state index contributed by atoms with van der Waals surface area (Å²) in [7, 11) is 0. The lowest BCUT2D eigenvalue weighted by Crippen LogP contribution is -2.14. The van der Waals surface area contributed by atoms with Crippen LogP contribution in [0.25, 0.3) is 0 Å². The summed E-state index contributed by atoms with van der Waals surface area (Å²) < 4.78 is 0. The molecule has 1 aliphatic rings. The molecule has 0 amide bonds. The minimum Gasteiger partial charge on any atom is -0.352 e. The molecule has 4 nitrogen and oxygen atoms in total. The van der Waals surface area contributed by atoms with Gasteiger partial charge in [0.2, 0.25) is 5.95 Å². The average molecular weight is 317 g/mol. The summed E-state index contributed by atoms with van der Waals surface area (Å²) >= 11 is 6.09. The van der Waals surface area contributed by atoms with Crippen molar-refractivity contribution >= 4 is 29.1 Å². The van der Waals surface area contributed by atoms with Gasteiger partial charge in [0, 0.05) is 28.7 Å². The van der Waals surface area contributed by atoms with E-state index in [0.29, 0.717) is 22.9 Å². The molecular formula is C17H21ClN4. The lowest BCUT2D eigenvalue weighted by Gasteiger charge is -2.14. The fourth-order valence-corrected chi connectivity index (χ4v) is 2.48. The van der Waals surface area contributed by atoms with Crippen molar-refractivity contribution in [1.29, 1.82) is 0 Å². The number of halogens is 1. The Hall–Kier alpha value is -1.81. The zero-order valence-corrected chi connectivity index (χ0v) is 13.9. The number of hydrogen-bond donors (Lipinski definition) is 2. The third-order valence-electron chi connectivity index (χ3n) is 3.62. The van der Waals surface area contributed by atoms with Crippen LogP contribution >= 0.6 is 11.6 Å². The summed E-state index contributed by atoms with van der Waals surface area (Å²) in [5.74, 6) is 2.07. The number of benzene rings is 1. The molecule has 5 heteroatoms. The molecule has 1 aromatic heterocycles. The zero-order valence-electron chi connectivity index (χ0n) is 13.2. The van der Waals surface area contributed by atoms with Crippen LogP contribution < -0.4 is 10.6 Å². The Morgan fingerprint density at radius 2 is 1.95 bits per heavy atom. The number of anilines is 3. The molecule has 0 unspecified atom stereocenters. The van der Waals surface area contributed by atoms with Crippen molar-refractivity contribution in [2.75, 3.05) is 10.6 Å². The molecule has 2 N–H and O–H groups in total. The Bertz CT molecular complexity index is 680. The molecule has 0 atom stereocenters. The summed E-state index contributed by atoms with van der Waals surface area (Å²) in [6.07, 6.45) is 2.43. The van der Waals surface area contributed by atoms with Crippen molar-refractivity contribution in [3.63, 3.8) is 0 Å². The van der Waals surface area contributed by atoms with Gasteiger partial charge in [-0.15, -0.1) is 0 Å². The first-order chi connectivity index (χ1) is 10.5. The predicted octanol–water partition coefficient (Wildman–Crippen LogP) is 4.88. The van der Waals surface area contributed by atoms with E-state index in [1.807, 2.05) is 24.3 Å². The molecule has 1 fully saturated rings. The van der Waals surface area contributed by atoms with Gasteiger partial charge in [-0.05, 0) is 51.3 Å². The number of aryl methyl sites for hydroxylation is 1. The van der Waals surface area contributed by atoms with Crippen molar-refractivity contribution in [3.05, 3.63) is 40.5 Å². The molecular weight excluding hydrogens is 296 g/mol. The van der Waals surface area contributed by atoms with Gasteiger partial charge in [-0.1, -0.05) is 17.7 Å². The van der Waals surface area contributed by atoms with Gasteiger partial charge in [0.25, 0.3) is 0 Å². The lowest BCUT2D eigenvalue weighted by atomic mass is 10.2. The Morgan fingerprint density at radius 1 is 1.18 bits per heavy atom. The fourth-order valence-electron chi connectivity index (χ4n) is 2.31. The summed E-state index contributed by atoms with van der Waals surface area (Å²) in [4.78, 5) is 9.20. The van der Waals surface area contributed by atoms with Gasteiger partial charge >= 0.3 is 0 Å². The maximum Gasteiger partial charge on any atom is 0.225 e. The van der Waals surface area contributed by atoms with Crippen molar-refractivity contribution in [1.82, 2.24) is 9.97 Å². The predicted molar refractivity (Wildman–Crippen MR) is 92.2 cm³/mol. The van der Waals surface area contributed by atoms with E-state index in [2.05, 4.69) is 41.4 Å². The van der Waals surface area contributed by atoms with Crippen molar-refractivity contribution in [3.8, 4) is 0 Å². The summed E-state index contributed by atoms with van der Waals surface area (Å²) in [5, 5.41) is 7.38. The molecule has 3 rings (SSSR count). The van der Waals surface area contributed by atoms with Crippen LogP contribution in [0.1, 0.15) is 43.9 Å². The van der Waals surface area contributed by atoms with E-state index >= 15 is 0 Å². The second kappa shape index (κ2) is 6.13. The Balaban J connectivity index is 1.91. The summed E-state index contributed by atoms with van der Waals surface area (Å²) in [6.45, 7) is 6.22. The van der Waals surface area contributed by atoms with E-state index in [0.717, 1.165) is 22.8 Å².